The first kappa shape index (κ1) is 18.6. The van der Waals surface area contributed by atoms with Gasteiger partial charge >= 0.3 is 0 Å². The molecule has 0 amide bonds. The molecule has 0 saturated carbocycles. The molecule has 0 bridgehead atoms. The minimum absolute atomic E-state index is 0.0177. The Morgan fingerprint density at radius 3 is 2.18 bits per heavy atom. The Bertz CT molecular complexity index is 1170. The average Bonchev–Trinajstić information content (AvgIpc) is 2.65. The summed E-state index contributed by atoms with van der Waals surface area (Å²) in [6.45, 7) is 13.3. The molecule has 0 aliphatic carbocycles. The van der Waals surface area contributed by atoms with Crippen molar-refractivity contribution >= 4 is 21.8 Å². The topological polar surface area (TPSA) is 25.8 Å². The third kappa shape index (κ3) is 3.28. The number of rotatable bonds is 1. The Morgan fingerprint density at radius 2 is 1.46 bits per heavy atom. The first-order valence-corrected chi connectivity index (χ1v) is 9.94. The zero-order valence-corrected chi connectivity index (χ0v) is 17.7. The Kier molecular flexibility index (Phi) is 4.26. The summed E-state index contributed by atoms with van der Waals surface area (Å²) in [5.41, 5.74) is 6.88. The zero-order valence-electron chi connectivity index (χ0n) is 17.7. The number of nitrogens with zero attached hydrogens (tertiary/aromatic N) is 2. The number of hydrogen-bond acceptors (Lipinski definition) is 2. The molecule has 2 aromatic heterocycles. The van der Waals surface area contributed by atoms with Gasteiger partial charge in [-0.2, -0.15) is 0 Å². The van der Waals surface area contributed by atoms with Crippen molar-refractivity contribution in [2.75, 3.05) is 0 Å². The molecule has 2 heterocycles. The maximum atomic E-state index is 4.94. The van der Waals surface area contributed by atoms with Crippen molar-refractivity contribution < 1.29 is 0 Å². The van der Waals surface area contributed by atoms with Crippen molar-refractivity contribution in [2.24, 2.45) is 0 Å². The van der Waals surface area contributed by atoms with Gasteiger partial charge in [0.15, 0.2) is 0 Å². The van der Waals surface area contributed by atoms with Gasteiger partial charge in [0.25, 0.3) is 0 Å². The highest BCUT2D eigenvalue weighted by atomic mass is 14.7. The second kappa shape index (κ2) is 6.41. The van der Waals surface area contributed by atoms with Crippen LogP contribution >= 0.6 is 0 Å². The van der Waals surface area contributed by atoms with Crippen molar-refractivity contribution in [3.8, 4) is 11.1 Å². The Balaban J connectivity index is 2.04. The lowest BCUT2D eigenvalue weighted by Crippen LogP contribution is -2.14. The monoisotopic (exact) mass is 368 g/mol. The predicted octanol–water partition coefficient (Wildman–Crippen LogP) is 7.05. The summed E-state index contributed by atoms with van der Waals surface area (Å²) in [5.74, 6) is 0. The number of pyridine rings is 2. The normalized spacial score (nSPS) is 12.6. The van der Waals surface area contributed by atoms with Crippen LogP contribution in [0.3, 0.4) is 0 Å². The van der Waals surface area contributed by atoms with E-state index in [0.29, 0.717) is 0 Å². The molecule has 2 aromatic carbocycles. The number of benzene rings is 2. The average molecular weight is 369 g/mol. The van der Waals surface area contributed by atoms with Gasteiger partial charge in [0, 0.05) is 33.6 Å². The van der Waals surface area contributed by atoms with Crippen molar-refractivity contribution in [1.82, 2.24) is 9.97 Å². The van der Waals surface area contributed by atoms with Crippen LogP contribution < -0.4 is 0 Å². The fourth-order valence-corrected chi connectivity index (χ4v) is 3.57. The Morgan fingerprint density at radius 1 is 0.714 bits per heavy atom. The van der Waals surface area contributed by atoms with Crippen LogP contribution in [0.2, 0.25) is 0 Å². The van der Waals surface area contributed by atoms with Crippen molar-refractivity contribution in [2.45, 2.75) is 52.4 Å². The molecule has 0 aliphatic heterocycles. The lowest BCUT2D eigenvalue weighted by atomic mass is 9.86. The van der Waals surface area contributed by atoms with Gasteiger partial charge in [-0.25, -0.2) is 0 Å². The van der Waals surface area contributed by atoms with Crippen LogP contribution in [0, 0.1) is 0 Å². The van der Waals surface area contributed by atoms with Crippen LogP contribution in [0.5, 0.6) is 0 Å². The van der Waals surface area contributed by atoms with Gasteiger partial charge in [-0.15, -0.1) is 0 Å². The van der Waals surface area contributed by atoms with Gasteiger partial charge in [-0.3, -0.25) is 9.97 Å². The van der Waals surface area contributed by atoms with E-state index in [1.165, 1.54) is 27.5 Å². The highest BCUT2D eigenvalue weighted by Crippen LogP contribution is 2.36. The summed E-state index contributed by atoms with van der Waals surface area (Å²) in [6.07, 6.45) is 2.03. The maximum Gasteiger partial charge on any atom is 0.0780 e. The molecular formula is C26H28N2. The van der Waals surface area contributed by atoms with E-state index in [9.17, 15) is 0 Å². The Hall–Kier alpha value is -2.74. The van der Waals surface area contributed by atoms with E-state index in [1.54, 1.807) is 0 Å². The molecule has 2 nitrogen and oxygen atoms in total. The van der Waals surface area contributed by atoms with E-state index in [-0.39, 0.29) is 10.8 Å². The second-order valence-electron chi connectivity index (χ2n) is 9.67. The summed E-state index contributed by atoms with van der Waals surface area (Å²) in [5, 5.41) is 2.35. The summed E-state index contributed by atoms with van der Waals surface area (Å²) in [4.78, 5) is 9.84. The van der Waals surface area contributed by atoms with Crippen molar-refractivity contribution in [3.05, 3.63) is 72.1 Å². The summed E-state index contributed by atoms with van der Waals surface area (Å²) in [6, 6.07) is 19.4. The van der Waals surface area contributed by atoms with Gasteiger partial charge in [-0.1, -0.05) is 77.9 Å². The van der Waals surface area contributed by atoms with E-state index < -0.39 is 0 Å². The molecule has 0 aliphatic rings. The molecule has 0 spiro atoms. The second-order valence-corrected chi connectivity index (χ2v) is 9.67. The molecule has 142 valence electrons. The fraction of sp³-hybridized carbons (Fsp3) is 0.308. The van der Waals surface area contributed by atoms with Gasteiger partial charge in [0.2, 0.25) is 0 Å². The summed E-state index contributed by atoms with van der Waals surface area (Å²) >= 11 is 0. The number of hydrogen-bond donors (Lipinski definition) is 0. The van der Waals surface area contributed by atoms with Crippen LogP contribution in [0.1, 0.15) is 52.8 Å². The summed E-state index contributed by atoms with van der Waals surface area (Å²) < 4.78 is 0. The van der Waals surface area contributed by atoms with E-state index in [2.05, 4.69) is 96.1 Å². The molecule has 0 saturated heterocycles. The summed E-state index contributed by atoms with van der Waals surface area (Å²) in [7, 11) is 0. The minimum Gasteiger partial charge on any atom is -0.255 e. The molecule has 0 N–H and O–H groups in total. The molecule has 0 atom stereocenters. The zero-order chi connectivity index (χ0) is 20.1. The number of fused-ring (bicyclic) bond motifs is 2. The Labute approximate surface area is 167 Å². The number of aromatic nitrogens is 2. The van der Waals surface area contributed by atoms with E-state index in [0.717, 1.165) is 16.7 Å². The van der Waals surface area contributed by atoms with E-state index >= 15 is 0 Å². The van der Waals surface area contributed by atoms with Crippen LogP contribution in [-0.4, -0.2) is 9.97 Å². The largest absolute Gasteiger partial charge is 0.255 e. The van der Waals surface area contributed by atoms with E-state index in [4.69, 9.17) is 9.97 Å². The first-order chi connectivity index (χ1) is 13.1. The van der Waals surface area contributed by atoms with Gasteiger partial charge < -0.3 is 0 Å². The highest BCUT2D eigenvalue weighted by molar-refractivity contribution is 6.03. The van der Waals surface area contributed by atoms with Crippen molar-refractivity contribution in [3.63, 3.8) is 0 Å². The first-order valence-electron chi connectivity index (χ1n) is 9.94. The maximum absolute atomic E-state index is 4.94. The lowest BCUT2D eigenvalue weighted by Gasteiger charge is -2.21. The lowest BCUT2D eigenvalue weighted by molar-refractivity contribution is 0.572. The third-order valence-corrected chi connectivity index (χ3v) is 5.35. The number of para-hydroxylation sites is 2. The molecule has 28 heavy (non-hydrogen) atoms. The molecule has 0 unspecified atom stereocenters. The molecule has 0 radical (unpaired) electrons. The third-order valence-electron chi connectivity index (χ3n) is 5.35. The van der Waals surface area contributed by atoms with Gasteiger partial charge in [0.1, 0.15) is 0 Å². The van der Waals surface area contributed by atoms with Crippen LogP contribution in [-0.2, 0) is 10.8 Å². The van der Waals surface area contributed by atoms with Gasteiger partial charge in [0.05, 0.1) is 11.0 Å². The van der Waals surface area contributed by atoms with E-state index in [1.807, 2.05) is 6.20 Å². The highest BCUT2D eigenvalue weighted by Gasteiger charge is 2.20. The smallest absolute Gasteiger partial charge is 0.0780 e. The van der Waals surface area contributed by atoms with Crippen LogP contribution in [0.15, 0.2) is 60.8 Å². The molecular weight excluding hydrogens is 340 g/mol. The van der Waals surface area contributed by atoms with Crippen LogP contribution in [0.25, 0.3) is 32.9 Å². The standard InChI is InChI=1S/C26H28N2/c1-25(2,3)18-14-17-10-9-12-20(24(17)27-16-18)21-15-23(26(4,5)6)28-22-13-8-7-11-19(21)22/h7-16H,1-6H3. The minimum atomic E-state index is -0.0177. The quantitative estimate of drug-likeness (QED) is 0.360. The van der Waals surface area contributed by atoms with Gasteiger partial charge in [-0.05, 0) is 34.7 Å². The van der Waals surface area contributed by atoms with Crippen molar-refractivity contribution in [1.29, 1.82) is 0 Å². The molecule has 2 heteroatoms. The SMILES string of the molecule is CC(C)(C)c1cnc2c(-c3cc(C(C)(C)C)nc4ccccc34)cccc2c1. The molecule has 0 fully saturated rings. The predicted molar refractivity (Wildman–Crippen MR) is 120 cm³/mol. The van der Waals surface area contributed by atoms with Crippen LogP contribution in [0.4, 0.5) is 0 Å². The fourth-order valence-electron chi connectivity index (χ4n) is 3.57. The molecule has 4 rings (SSSR count). The molecule has 4 aromatic rings.